The molecule has 1 fully saturated rings. The molecule has 0 spiro atoms. The fraction of sp³-hybridized carbons (Fsp3) is 0.417. The fourth-order valence-electron chi connectivity index (χ4n) is 1.79. The smallest absolute Gasteiger partial charge is 0.251 e. The third kappa shape index (κ3) is 3.06. The molecule has 1 amide bonds. The molecule has 3 N–H and O–H groups in total. The lowest BCUT2D eigenvalue weighted by Crippen LogP contribution is -2.34. The quantitative estimate of drug-likeness (QED) is 0.800. The molecule has 1 saturated heterocycles. The minimum atomic E-state index is -0.0805. The summed E-state index contributed by atoms with van der Waals surface area (Å²) in [6, 6.07) is 5.34. The molecule has 0 bridgehead atoms. The SMILES string of the molecule is COc1cc(N)cc(C(=O)NC2CCSC2)c1. The summed E-state index contributed by atoms with van der Waals surface area (Å²) in [5.74, 6) is 2.63. The summed E-state index contributed by atoms with van der Waals surface area (Å²) >= 11 is 1.87. The van der Waals surface area contributed by atoms with Crippen molar-refractivity contribution in [2.75, 3.05) is 24.3 Å². The first-order chi connectivity index (χ1) is 8.19. The molecule has 1 heterocycles. The highest BCUT2D eigenvalue weighted by molar-refractivity contribution is 7.99. The topological polar surface area (TPSA) is 64.3 Å². The van der Waals surface area contributed by atoms with Crippen LogP contribution in [0.25, 0.3) is 0 Å². The number of nitrogen functional groups attached to an aromatic ring is 1. The highest BCUT2D eigenvalue weighted by atomic mass is 32.2. The molecule has 1 unspecified atom stereocenters. The minimum Gasteiger partial charge on any atom is -0.497 e. The van der Waals surface area contributed by atoms with Crippen LogP contribution in [0, 0.1) is 0 Å². The van der Waals surface area contributed by atoms with Gasteiger partial charge in [-0.1, -0.05) is 0 Å². The van der Waals surface area contributed by atoms with Crippen LogP contribution < -0.4 is 15.8 Å². The zero-order valence-corrected chi connectivity index (χ0v) is 10.5. The maximum atomic E-state index is 12.0. The summed E-state index contributed by atoms with van der Waals surface area (Å²) in [5, 5.41) is 3.00. The van der Waals surface area contributed by atoms with E-state index >= 15 is 0 Å². The van der Waals surface area contributed by atoms with Crippen molar-refractivity contribution in [1.82, 2.24) is 5.32 Å². The molecule has 1 aliphatic rings. The lowest BCUT2D eigenvalue weighted by Gasteiger charge is -2.12. The minimum absolute atomic E-state index is 0.0805. The lowest BCUT2D eigenvalue weighted by molar-refractivity contribution is 0.0941. The number of hydrogen-bond donors (Lipinski definition) is 2. The molecule has 4 nitrogen and oxygen atoms in total. The molecule has 0 aromatic heterocycles. The summed E-state index contributed by atoms with van der Waals surface area (Å²) in [7, 11) is 1.56. The van der Waals surface area contributed by atoms with Gasteiger partial charge in [-0.15, -0.1) is 0 Å². The second kappa shape index (κ2) is 5.31. The normalized spacial score (nSPS) is 19.0. The Bertz CT molecular complexity index is 417. The average molecular weight is 252 g/mol. The number of rotatable bonds is 3. The van der Waals surface area contributed by atoms with Crippen LogP contribution in [-0.4, -0.2) is 30.6 Å². The Morgan fingerprint density at radius 3 is 3.00 bits per heavy atom. The van der Waals surface area contributed by atoms with Crippen LogP contribution >= 0.6 is 11.8 Å². The predicted octanol–water partition coefficient (Wildman–Crippen LogP) is 1.51. The Hall–Kier alpha value is -1.36. The van der Waals surface area contributed by atoms with Gasteiger partial charge in [-0.2, -0.15) is 11.8 Å². The van der Waals surface area contributed by atoms with Gasteiger partial charge < -0.3 is 15.8 Å². The lowest BCUT2D eigenvalue weighted by atomic mass is 10.1. The zero-order valence-electron chi connectivity index (χ0n) is 9.73. The van der Waals surface area contributed by atoms with Gasteiger partial charge in [-0.3, -0.25) is 4.79 Å². The van der Waals surface area contributed by atoms with Crippen LogP contribution in [0.2, 0.25) is 0 Å². The van der Waals surface area contributed by atoms with E-state index < -0.39 is 0 Å². The summed E-state index contributed by atoms with van der Waals surface area (Å²) < 4.78 is 5.09. The largest absolute Gasteiger partial charge is 0.497 e. The van der Waals surface area contributed by atoms with Gasteiger partial charge in [-0.25, -0.2) is 0 Å². The van der Waals surface area contributed by atoms with E-state index in [1.54, 1.807) is 25.3 Å². The third-order valence-corrected chi connectivity index (χ3v) is 3.85. The van der Waals surface area contributed by atoms with E-state index in [9.17, 15) is 4.79 Å². The third-order valence-electron chi connectivity index (χ3n) is 2.69. The van der Waals surface area contributed by atoms with Gasteiger partial charge >= 0.3 is 0 Å². The van der Waals surface area contributed by atoms with E-state index in [1.807, 2.05) is 11.8 Å². The Balaban J connectivity index is 2.09. The van der Waals surface area contributed by atoms with Crippen LogP contribution in [0.1, 0.15) is 16.8 Å². The van der Waals surface area contributed by atoms with E-state index in [0.717, 1.165) is 17.9 Å². The van der Waals surface area contributed by atoms with Crippen LogP contribution in [-0.2, 0) is 0 Å². The number of nitrogens with one attached hydrogen (secondary N) is 1. The van der Waals surface area contributed by atoms with Crippen LogP contribution in [0.4, 0.5) is 5.69 Å². The van der Waals surface area contributed by atoms with Crippen molar-refractivity contribution in [3.63, 3.8) is 0 Å². The van der Waals surface area contributed by atoms with Gasteiger partial charge in [0.25, 0.3) is 5.91 Å². The van der Waals surface area contributed by atoms with E-state index in [1.165, 1.54) is 0 Å². The summed E-state index contributed by atoms with van der Waals surface area (Å²) in [6.45, 7) is 0. The maximum absolute atomic E-state index is 12.0. The molecule has 2 rings (SSSR count). The van der Waals surface area contributed by atoms with Crippen molar-refractivity contribution in [3.8, 4) is 5.75 Å². The molecular formula is C12H16N2O2S. The van der Waals surface area contributed by atoms with Gasteiger partial charge in [0.1, 0.15) is 5.75 Å². The highest BCUT2D eigenvalue weighted by Gasteiger charge is 2.18. The Labute approximate surface area is 105 Å². The van der Waals surface area contributed by atoms with Gasteiger partial charge in [0.15, 0.2) is 0 Å². The van der Waals surface area contributed by atoms with E-state index in [2.05, 4.69) is 5.32 Å². The summed E-state index contributed by atoms with van der Waals surface area (Å²) in [4.78, 5) is 12.0. The standard InChI is InChI=1S/C12H16N2O2S/c1-16-11-5-8(4-9(13)6-11)12(15)14-10-2-3-17-7-10/h4-6,10H,2-3,7,13H2,1H3,(H,14,15). The second-order valence-corrected chi connectivity index (χ2v) is 5.18. The van der Waals surface area contributed by atoms with E-state index in [0.29, 0.717) is 17.0 Å². The molecule has 0 aliphatic carbocycles. The van der Waals surface area contributed by atoms with Crippen molar-refractivity contribution in [1.29, 1.82) is 0 Å². The van der Waals surface area contributed by atoms with Crippen LogP contribution in [0.15, 0.2) is 18.2 Å². The van der Waals surface area contributed by atoms with E-state index in [-0.39, 0.29) is 11.9 Å². The number of methoxy groups -OCH3 is 1. The van der Waals surface area contributed by atoms with Crippen molar-refractivity contribution < 1.29 is 9.53 Å². The molecule has 1 atom stereocenters. The molecule has 5 heteroatoms. The molecule has 17 heavy (non-hydrogen) atoms. The van der Waals surface area contributed by atoms with Crippen LogP contribution in [0.3, 0.4) is 0 Å². The number of ether oxygens (including phenoxy) is 1. The number of nitrogens with two attached hydrogens (primary N) is 1. The van der Waals surface area contributed by atoms with Crippen molar-refractivity contribution in [2.45, 2.75) is 12.5 Å². The van der Waals surface area contributed by atoms with Gasteiger partial charge in [0, 0.05) is 29.1 Å². The first-order valence-electron chi connectivity index (χ1n) is 5.52. The molecular weight excluding hydrogens is 236 g/mol. The van der Waals surface area contributed by atoms with Gasteiger partial charge in [-0.05, 0) is 24.3 Å². The number of anilines is 1. The monoisotopic (exact) mass is 252 g/mol. The Kier molecular flexibility index (Phi) is 3.78. The van der Waals surface area contributed by atoms with Crippen molar-refractivity contribution in [3.05, 3.63) is 23.8 Å². The number of hydrogen-bond acceptors (Lipinski definition) is 4. The summed E-state index contributed by atoms with van der Waals surface area (Å²) in [6.07, 6.45) is 1.04. The second-order valence-electron chi connectivity index (χ2n) is 4.03. The Morgan fingerprint density at radius 1 is 1.53 bits per heavy atom. The molecule has 0 saturated carbocycles. The Morgan fingerprint density at radius 2 is 2.35 bits per heavy atom. The number of carbonyl (C=O) groups is 1. The first-order valence-corrected chi connectivity index (χ1v) is 6.67. The molecule has 0 radical (unpaired) electrons. The van der Waals surface area contributed by atoms with Crippen LogP contribution in [0.5, 0.6) is 5.75 Å². The highest BCUT2D eigenvalue weighted by Crippen LogP contribution is 2.20. The number of carbonyl (C=O) groups excluding carboxylic acids is 1. The molecule has 1 aliphatic heterocycles. The molecule has 1 aromatic rings. The average Bonchev–Trinajstić information content (AvgIpc) is 2.81. The van der Waals surface area contributed by atoms with Gasteiger partial charge in [0.2, 0.25) is 0 Å². The maximum Gasteiger partial charge on any atom is 0.251 e. The van der Waals surface area contributed by atoms with E-state index in [4.69, 9.17) is 10.5 Å². The molecule has 92 valence electrons. The molecule has 1 aromatic carbocycles. The predicted molar refractivity (Wildman–Crippen MR) is 70.6 cm³/mol. The van der Waals surface area contributed by atoms with Crippen molar-refractivity contribution in [2.24, 2.45) is 0 Å². The summed E-state index contributed by atoms with van der Waals surface area (Å²) in [5.41, 5.74) is 6.81. The van der Waals surface area contributed by atoms with Crippen molar-refractivity contribution >= 4 is 23.4 Å². The van der Waals surface area contributed by atoms with Gasteiger partial charge in [0.05, 0.1) is 7.11 Å². The number of benzene rings is 1. The number of thioether (sulfide) groups is 1. The zero-order chi connectivity index (χ0) is 12.3. The fourth-order valence-corrected chi connectivity index (χ4v) is 2.94. The first kappa shape index (κ1) is 12.1. The number of amides is 1.